The van der Waals surface area contributed by atoms with Gasteiger partial charge >= 0.3 is 0 Å². The predicted octanol–water partition coefficient (Wildman–Crippen LogP) is 2.65. The molecule has 2 aromatic rings. The Labute approximate surface area is 106 Å². The number of hydrogen-bond donors (Lipinski definition) is 1. The van der Waals surface area contributed by atoms with Crippen molar-refractivity contribution in [1.29, 1.82) is 0 Å². The number of nitrogens with zero attached hydrogens (tertiary/aromatic N) is 1. The Morgan fingerprint density at radius 1 is 1.39 bits per heavy atom. The second-order valence-electron chi connectivity index (χ2n) is 5.16. The second-order valence-corrected chi connectivity index (χ2v) is 5.16. The molecule has 0 amide bonds. The van der Waals surface area contributed by atoms with Crippen LogP contribution >= 0.6 is 0 Å². The molecule has 0 atom stereocenters. The molecule has 2 N–H and O–H groups in total. The maximum atomic E-state index is 6.35. The Morgan fingerprint density at radius 2 is 2.17 bits per heavy atom. The van der Waals surface area contributed by atoms with Crippen LogP contribution in [0.3, 0.4) is 0 Å². The molecule has 18 heavy (non-hydrogen) atoms. The molecular formula is C14H18N2O2. The summed E-state index contributed by atoms with van der Waals surface area (Å²) in [6, 6.07) is 5.71. The highest BCUT2D eigenvalue weighted by molar-refractivity contribution is 5.79. The summed E-state index contributed by atoms with van der Waals surface area (Å²) < 4.78 is 11.0. The van der Waals surface area contributed by atoms with Crippen LogP contribution < -0.4 is 10.5 Å². The monoisotopic (exact) mass is 246 g/mol. The fourth-order valence-electron chi connectivity index (χ4n) is 2.77. The first kappa shape index (κ1) is 11.5. The van der Waals surface area contributed by atoms with E-state index in [1.165, 1.54) is 12.8 Å². The Balaban J connectivity index is 1.93. The zero-order chi connectivity index (χ0) is 12.6. The fourth-order valence-corrected chi connectivity index (χ4v) is 2.77. The molecule has 1 aromatic carbocycles. The highest BCUT2D eigenvalue weighted by atomic mass is 16.5. The van der Waals surface area contributed by atoms with Gasteiger partial charge in [-0.1, -0.05) is 18.9 Å². The lowest BCUT2D eigenvalue weighted by Crippen LogP contribution is -2.38. The number of methoxy groups -OCH3 is 1. The lowest BCUT2D eigenvalue weighted by atomic mass is 9.95. The minimum Gasteiger partial charge on any atom is -0.494 e. The molecule has 0 saturated heterocycles. The Hall–Kier alpha value is -1.55. The van der Waals surface area contributed by atoms with E-state index in [9.17, 15) is 0 Å². The van der Waals surface area contributed by atoms with E-state index in [4.69, 9.17) is 14.9 Å². The van der Waals surface area contributed by atoms with Crippen LogP contribution in [0.5, 0.6) is 5.75 Å². The highest BCUT2D eigenvalue weighted by Crippen LogP contribution is 2.32. The van der Waals surface area contributed by atoms with E-state index in [2.05, 4.69) is 4.98 Å². The van der Waals surface area contributed by atoms with Gasteiger partial charge in [0.05, 0.1) is 7.11 Å². The van der Waals surface area contributed by atoms with Gasteiger partial charge in [0, 0.05) is 12.0 Å². The quantitative estimate of drug-likeness (QED) is 0.904. The van der Waals surface area contributed by atoms with E-state index < -0.39 is 0 Å². The van der Waals surface area contributed by atoms with Crippen LogP contribution in [0.4, 0.5) is 0 Å². The van der Waals surface area contributed by atoms with Gasteiger partial charge in [0.15, 0.2) is 17.0 Å². The van der Waals surface area contributed by atoms with Crippen molar-refractivity contribution in [3.05, 3.63) is 24.1 Å². The minimum absolute atomic E-state index is 0.131. The summed E-state index contributed by atoms with van der Waals surface area (Å²) in [6.45, 7) is 0. The summed E-state index contributed by atoms with van der Waals surface area (Å²) >= 11 is 0. The van der Waals surface area contributed by atoms with Crippen LogP contribution in [0.15, 0.2) is 22.6 Å². The van der Waals surface area contributed by atoms with Crippen LogP contribution in [0.2, 0.25) is 0 Å². The molecule has 3 rings (SSSR count). The maximum absolute atomic E-state index is 6.35. The summed E-state index contributed by atoms with van der Waals surface area (Å²) in [5.41, 5.74) is 7.78. The van der Waals surface area contributed by atoms with E-state index >= 15 is 0 Å². The smallest absolute Gasteiger partial charge is 0.197 e. The van der Waals surface area contributed by atoms with Gasteiger partial charge < -0.3 is 14.9 Å². The SMILES string of the molecule is COc1cccc2oc(CC3(N)CCCC3)nc12. The number of benzene rings is 1. The van der Waals surface area contributed by atoms with Crippen LogP contribution in [-0.4, -0.2) is 17.6 Å². The maximum Gasteiger partial charge on any atom is 0.197 e. The number of oxazole rings is 1. The van der Waals surface area contributed by atoms with Gasteiger partial charge in [-0.15, -0.1) is 0 Å². The van der Waals surface area contributed by atoms with Gasteiger partial charge in [0.1, 0.15) is 5.75 Å². The summed E-state index contributed by atoms with van der Waals surface area (Å²) in [4.78, 5) is 4.52. The van der Waals surface area contributed by atoms with E-state index in [1.54, 1.807) is 7.11 Å². The number of hydrogen-bond acceptors (Lipinski definition) is 4. The van der Waals surface area contributed by atoms with E-state index in [-0.39, 0.29) is 5.54 Å². The van der Waals surface area contributed by atoms with Gasteiger partial charge in [-0.2, -0.15) is 0 Å². The van der Waals surface area contributed by atoms with Gasteiger partial charge in [-0.05, 0) is 25.0 Å². The van der Waals surface area contributed by atoms with Gasteiger partial charge in [0.25, 0.3) is 0 Å². The first-order chi connectivity index (χ1) is 8.70. The first-order valence-corrected chi connectivity index (χ1v) is 6.41. The molecule has 0 radical (unpaired) electrons. The third-order valence-corrected chi connectivity index (χ3v) is 3.75. The lowest BCUT2D eigenvalue weighted by molar-refractivity contribution is 0.385. The minimum atomic E-state index is -0.131. The molecule has 0 bridgehead atoms. The summed E-state index contributed by atoms with van der Waals surface area (Å²) in [5, 5.41) is 0. The number of ether oxygens (including phenoxy) is 1. The third kappa shape index (κ3) is 1.97. The lowest BCUT2D eigenvalue weighted by Gasteiger charge is -2.20. The number of fused-ring (bicyclic) bond motifs is 1. The molecule has 0 spiro atoms. The number of rotatable bonds is 3. The van der Waals surface area contributed by atoms with Crippen molar-refractivity contribution in [3.63, 3.8) is 0 Å². The average molecular weight is 246 g/mol. The molecule has 1 aliphatic rings. The standard InChI is InChI=1S/C14H18N2O2/c1-17-10-5-4-6-11-13(10)16-12(18-11)9-14(15)7-2-3-8-14/h4-6H,2-3,7-9,15H2,1H3. The molecule has 1 fully saturated rings. The van der Waals surface area contributed by atoms with Crippen molar-refractivity contribution >= 4 is 11.1 Å². The third-order valence-electron chi connectivity index (χ3n) is 3.75. The molecule has 0 aliphatic heterocycles. The molecule has 1 aromatic heterocycles. The predicted molar refractivity (Wildman–Crippen MR) is 69.7 cm³/mol. The Morgan fingerprint density at radius 3 is 2.89 bits per heavy atom. The van der Waals surface area contributed by atoms with Crippen molar-refractivity contribution in [1.82, 2.24) is 4.98 Å². The Kier molecular flexibility index (Phi) is 2.74. The van der Waals surface area contributed by atoms with Crippen LogP contribution in [-0.2, 0) is 6.42 Å². The highest BCUT2D eigenvalue weighted by Gasteiger charge is 2.31. The molecule has 96 valence electrons. The van der Waals surface area contributed by atoms with Gasteiger partial charge in [-0.3, -0.25) is 0 Å². The van der Waals surface area contributed by atoms with Crippen molar-refractivity contribution in [2.45, 2.75) is 37.6 Å². The summed E-state index contributed by atoms with van der Waals surface area (Å²) in [7, 11) is 1.64. The number of nitrogens with two attached hydrogens (primary N) is 1. The average Bonchev–Trinajstić information content (AvgIpc) is 2.94. The molecule has 0 unspecified atom stereocenters. The molecule has 1 aliphatic carbocycles. The van der Waals surface area contributed by atoms with Crippen molar-refractivity contribution in [3.8, 4) is 5.75 Å². The number of para-hydroxylation sites is 1. The van der Waals surface area contributed by atoms with Crippen molar-refractivity contribution in [2.75, 3.05) is 7.11 Å². The van der Waals surface area contributed by atoms with Crippen LogP contribution in [0.1, 0.15) is 31.6 Å². The van der Waals surface area contributed by atoms with Crippen LogP contribution in [0.25, 0.3) is 11.1 Å². The summed E-state index contributed by atoms with van der Waals surface area (Å²) in [5.74, 6) is 1.47. The molecular weight excluding hydrogens is 228 g/mol. The topological polar surface area (TPSA) is 61.3 Å². The van der Waals surface area contributed by atoms with Crippen molar-refractivity contribution in [2.24, 2.45) is 5.73 Å². The van der Waals surface area contributed by atoms with E-state index in [0.717, 1.165) is 35.6 Å². The Bertz CT molecular complexity index is 556. The first-order valence-electron chi connectivity index (χ1n) is 6.41. The van der Waals surface area contributed by atoms with Gasteiger partial charge in [-0.25, -0.2) is 4.98 Å². The summed E-state index contributed by atoms with van der Waals surface area (Å²) in [6.07, 6.45) is 5.25. The molecule has 1 heterocycles. The van der Waals surface area contributed by atoms with Crippen molar-refractivity contribution < 1.29 is 9.15 Å². The number of aromatic nitrogens is 1. The molecule has 1 saturated carbocycles. The van der Waals surface area contributed by atoms with E-state index in [1.807, 2.05) is 18.2 Å². The second kappa shape index (κ2) is 4.28. The van der Waals surface area contributed by atoms with Crippen LogP contribution in [0, 0.1) is 0 Å². The fraction of sp³-hybridized carbons (Fsp3) is 0.500. The normalized spacial score (nSPS) is 18.3. The zero-order valence-electron chi connectivity index (χ0n) is 10.6. The molecule has 4 nitrogen and oxygen atoms in total. The molecule has 4 heteroatoms. The van der Waals surface area contributed by atoms with E-state index in [0.29, 0.717) is 6.42 Å². The largest absolute Gasteiger partial charge is 0.494 e. The zero-order valence-corrected chi connectivity index (χ0v) is 10.6. The van der Waals surface area contributed by atoms with Gasteiger partial charge in [0.2, 0.25) is 0 Å².